The van der Waals surface area contributed by atoms with E-state index in [1.807, 2.05) is 12.1 Å². The molecule has 0 unspecified atom stereocenters. The van der Waals surface area contributed by atoms with Crippen molar-refractivity contribution in [3.63, 3.8) is 0 Å². The Balaban J connectivity index is 2.03. The molecular formula is C14H21NO2. The minimum Gasteiger partial charge on any atom is -0.493 e. The number of hydrogen-bond donors (Lipinski definition) is 1. The SMILES string of the molecule is COc1cc(N)ccc1OC1CCC(C)CC1. The molecule has 3 nitrogen and oxygen atoms in total. The molecule has 1 aromatic carbocycles. The van der Waals surface area contributed by atoms with Gasteiger partial charge in [-0.25, -0.2) is 0 Å². The van der Waals surface area contributed by atoms with Crippen LogP contribution >= 0.6 is 0 Å². The fourth-order valence-electron chi connectivity index (χ4n) is 2.31. The van der Waals surface area contributed by atoms with Gasteiger partial charge >= 0.3 is 0 Å². The highest BCUT2D eigenvalue weighted by atomic mass is 16.5. The number of rotatable bonds is 3. The Kier molecular flexibility index (Phi) is 3.77. The van der Waals surface area contributed by atoms with Gasteiger partial charge in [-0.1, -0.05) is 6.92 Å². The van der Waals surface area contributed by atoms with Crippen LogP contribution in [0.2, 0.25) is 0 Å². The van der Waals surface area contributed by atoms with Crippen molar-refractivity contribution >= 4 is 5.69 Å². The van der Waals surface area contributed by atoms with E-state index in [0.717, 1.165) is 30.3 Å². The average molecular weight is 235 g/mol. The highest BCUT2D eigenvalue weighted by molar-refractivity contribution is 5.51. The molecular weight excluding hydrogens is 214 g/mol. The third-order valence-electron chi connectivity index (χ3n) is 3.44. The minimum atomic E-state index is 0.323. The third-order valence-corrected chi connectivity index (χ3v) is 3.44. The van der Waals surface area contributed by atoms with Crippen molar-refractivity contribution < 1.29 is 9.47 Å². The van der Waals surface area contributed by atoms with Gasteiger partial charge in [-0.2, -0.15) is 0 Å². The molecule has 1 fully saturated rings. The molecule has 3 heteroatoms. The lowest BCUT2D eigenvalue weighted by Gasteiger charge is -2.27. The molecule has 0 spiro atoms. The van der Waals surface area contributed by atoms with Gasteiger partial charge in [-0.05, 0) is 43.7 Å². The molecule has 2 rings (SSSR count). The van der Waals surface area contributed by atoms with Crippen LogP contribution in [0.1, 0.15) is 32.6 Å². The molecule has 0 bridgehead atoms. The number of nitrogens with two attached hydrogens (primary N) is 1. The summed E-state index contributed by atoms with van der Waals surface area (Å²) in [4.78, 5) is 0. The van der Waals surface area contributed by atoms with Crippen molar-refractivity contribution in [2.75, 3.05) is 12.8 Å². The summed E-state index contributed by atoms with van der Waals surface area (Å²) >= 11 is 0. The van der Waals surface area contributed by atoms with Crippen LogP contribution in [0.5, 0.6) is 11.5 Å². The van der Waals surface area contributed by atoms with Gasteiger partial charge < -0.3 is 15.2 Å². The standard InChI is InChI=1S/C14H21NO2/c1-10-3-6-12(7-4-10)17-13-8-5-11(15)9-14(13)16-2/h5,8-10,12H,3-4,6-7,15H2,1-2H3. The van der Waals surface area contributed by atoms with Crippen LogP contribution in [0.3, 0.4) is 0 Å². The predicted molar refractivity (Wildman–Crippen MR) is 69.5 cm³/mol. The van der Waals surface area contributed by atoms with Crippen LogP contribution in [0.4, 0.5) is 5.69 Å². The van der Waals surface area contributed by atoms with Crippen molar-refractivity contribution in [3.8, 4) is 11.5 Å². The largest absolute Gasteiger partial charge is 0.493 e. The first-order valence-corrected chi connectivity index (χ1v) is 6.29. The van der Waals surface area contributed by atoms with Gasteiger partial charge in [0.05, 0.1) is 13.2 Å². The lowest BCUT2D eigenvalue weighted by atomic mass is 9.89. The zero-order chi connectivity index (χ0) is 12.3. The van der Waals surface area contributed by atoms with Crippen molar-refractivity contribution in [2.45, 2.75) is 38.7 Å². The summed E-state index contributed by atoms with van der Waals surface area (Å²) in [7, 11) is 1.64. The Morgan fingerprint density at radius 1 is 1.12 bits per heavy atom. The zero-order valence-electron chi connectivity index (χ0n) is 10.6. The molecule has 1 saturated carbocycles. The first-order valence-electron chi connectivity index (χ1n) is 6.29. The first kappa shape index (κ1) is 12.1. The maximum atomic E-state index is 6.00. The number of anilines is 1. The fraction of sp³-hybridized carbons (Fsp3) is 0.571. The number of benzene rings is 1. The van der Waals surface area contributed by atoms with Gasteiger partial charge in [0.1, 0.15) is 0 Å². The van der Waals surface area contributed by atoms with Gasteiger partial charge in [0, 0.05) is 11.8 Å². The molecule has 1 aromatic rings. The van der Waals surface area contributed by atoms with E-state index in [0.29, 0.717) is 11.8 Å². The Morgan fingerprint density at radius 3 is 2.47 bits per heavy atom. The average Bonchev–Trinajstić information content (AvgIpc) is 2.34. The van der Waals surface area contributed by atoms with E-state index in [2.05, 4.69) is 6.92 Å². The summed E-state index contributed by atoms with van der Waals surface area (Å²) < 4.78 is 11.3. The summed E-state index contributed by atoms with van der Waals surface area (Å²) in [6, 6.07) is 5.55. The third kappa shape index (κ3) is 3.05. The summed E-state index contributed by atoms with van der Waals surface area (Å²) in [6.45, 7) is 2.31. The monoisotopic (exact) mass is 235 g/mol. The zero-order valence-corrected chi connectivity index (χ0v) is 10.6. The van der Waals surface area contributed by atoms with Gasteiger partial charge in [-0.15, -0.1) is 0 Å². The normalized spacial score (nSPS) is 24.4. The highest BCUT2D eigenvalue weighted by Crippen LogP contribution is 2.33. The van der Waals surface area contributed by atoms with Crippen LogP contribution in [0.25, 0.3) is 0 Å². The quantitative estimate of drug-likeness (QED) is 0.818. The van der Waals surface area contributed by atoms with Crippen molar-refractivity contribution in [2.24, 2.45) is 5.92 Å². The van der Waals surface area contributed by atoms with E-state index in [4.69, 9.17) is 15.2 Å². The molecule has 0 atom stereocenters. The minimum absolute atomic E-state index is 0.323. The van der Waals surface area contributed by atoms with Crippen LogP contribution in [0, 0.1) is 5.92 Å². The summed E-state index contributed by atoms with van der Waals surface area (Å²) in [5, 5.41) is 0. The number of ether oxygens (including phenoxy) is 2. The molecule has 0 amide bonds. The topological polar surface area (TPSA) is 44.5 Å². The van der Waals surface area contributed by atoms with Gasteiger partial charge in [0.2, 0.25) is 0 Å². The van der Waals surface area contributed by atoms with E-state index in [-0.39, 0.29) is 0 Å². The Hall–Kier alpha value is -1.38. The molecule has 0 saturated heterocycles. The Labute approximate surface area is 103 Å². The first-order chi connectivity index (χ1) is 8.19. The van der Waals surface area contributed by atoms with E-state index >= 15 is 0 Å². The number of hydrogen-bond acceptors (Lipinski definition) is 3. The molecule has 17 heavy (non-hydrogen) atoms. The summed E-state index contributed by atoms with van der Waals surface area (Å²) in [5.74, 6) is 2.37. The second-order valence-corrected chi connectivity index (χ2v) is 4.91. The number of nitrogen functional groups attached to an aromatic ring is 1. The Bertz CT molecular complexity index is 370. The van der Waals surface area contributed by atoms with Crippen LogP contribution in [-0.2, 0) is 0 Å². The van der Waals surface area contributed by atoms with Crippen LogP contribution < -0.4 is 15.2 Å². The highest BCUT2D eigenvalue weighted by Gasteiger charge is 2.20. The molecule has 0 aromatic heterocycles. The smallest absolute Gasteiger partial charge is 0.162 e. The van der Waals surface area contributed by atoms with E-state index in [1.165, 1.54) is 12.8 Å². The fourth-order valence-corrected chi connectivity index (χ4v) is 2.31. The molecule has 94 valence electrons. The van der Waals surface area contributed by atoms with E-state index in [1.54, 1.807) is 13.2 Å². The van der Waals surface area contributed by atoms with Gasteiger partial charge in [0.15, 0.2) is 11.5 Å². The molecule has 1 aliphatic carbocycles. The second-order valence-electron chi connectivity index (χ2n) is 4.91. The van der Waals surface area contributed by atoms with Crippen molar-refractivity contribution in [1.29, 1.82) is 0 Å². The molecule has 0 heterocycles. The second kappa shape index (κ2) is 5.30. The lowest BCUT2D eigenvalue weighted by Crippen LogP contribution is -2.23. The van der Waals surface area contributed by atoms with Crippen molar-refractivity contribution in [1.82, 2.24) is 0 Å². The van der Waals surface area contributed by atoms with Crippen LogP contribution in [-0.4, -0.2) is 13.2 Å². The molecule has 0 radical (unpaired) electrons. The molecule has 1 aliphatic rings. The summed E-state index contributed by atoms with van der Waals surface area (Å²) in [6.07, 6.45) is 5.09. The van der Waals surface area contributed by atoms with Gasteiger partial charge in [-0.3, -0.25) is 0 Å². The van der Waals surface area contributed by atoms with Gasteiger partial charge in [0.25, 0.3) is 0 Å². The Morgan fingerprint density at radius 2 is 1.82 bits per heavy atom. The van der Waals surface area contributed by atoms with E-state index < -0.39 is 0 Å². The number of methoxy groups -OCH3 is 1. The summed E-state index contributed by atoms with van der Waals surface area (Å²) in [5.41, 5.74) is 6.42. The molecule has 2 N–H and O–H groups in total. The maximum absolute atomic E-state index is 6.00. The lowest BCUT2D eigenvalue weighted by molar-refractivity contribution is 0.131. The van der Waals surface area contributed by atoms with Crippen LogP contribution in [0.15, 0.2) is 18.2 Å². The van der Waals surface area contributed by atoms with Crippen molar-refractivity contribution in [3.05, 3.63) is 18.2 Å². The predicted octanol–water partition coefficient (Wildman–Crippen LogP) is 3.23. The molecule has 0 aliphatic heterocycles. The van der Waals surface area contributed by atoms with E-state index in [9.17, 15) is 0 Å². The maximum Gasteiger partial charge on any atom is 0.162 e.